The van der Waals surface area contributed by atoms with Crippen molar-refractivity contribution in [3.8, 4) is 0 Å². The number of nitrogens with two attached hydrogens (primary N) is 1. The van der Waals surface area contributed by atoms with Crippen LogP contribution in [0.5, 0.6) is 0 Å². The maximum absolute atomic E-state index is 10.4. The van der Waals surface area contributed by atoms with Gasteiger partial charge >= 0.3 is 11.9 Å². The minimum atomic E-state index is -1.78. The molecule has 0 bridgehead atoms. The predicted octanol–water partition coefficient (Wildman–Crippen LogP) is -2.14. The van der Waals surface area contributed by atoms with Gasteiger partial charge in [0.15, 0.2) is 6.10 Å². The molecular formula is C6H11NO6. The van der Waals surface area contributed by atoms with Crippen LogP contribution in [0.1, 0.15) is 0 Å². The van der Waals surface area contributed by atoms with Crippen LogP contribution in [0.3, 0.4) is 0 Å². The van der Waals surface area contributed by atoms with E-state index in [-0.39, 0.29) is 0 Å². The summed E-state index contributed by atoms with van der Waals surface area (Å²) in [5.41, 5.74) is 4.98. The van der Waals surface area contributed by atoms with Crippen LogP contribution in [0.15, 0.2) is 0 Å². The fourth-order valence-corrected chi connectivity index (χ4v) is 0.721. The lowest BCUT2D eigenvalue weighted by molar-refractivity contribution is -0.159. The highest BCUT2D eigenvalue weighted by molar-refractivity contribution is 5.78. The van der Waals surface area contributed by atoms with Gasteiger partial charge < -0.3 is 25.8 Å². The molecular weight excluding hydrogens is 182 g/mol. The van der Waals surface area contributed by atoms with Crippen LogP contribution in [0.2, 0.25) is 0 Å². The Morgan fingerprint density at radius 3 is 2.00 bits per heavy atom. The molecule has 0 radical (unpaired) electrons. The molecule has 0 heterocycles. The molecule has 0 aromatic rings. The van der Waals surface area contributed by atoms with Crippen molar-refractivity contribution in [1.29, 1.82) is 0 Å². The van der Waals surface area contributed by atoms with E-state index in [0.29, 0.717) is 0 Å². The van der Waals surface area contributed by atoms with Crippen LogP contribution < -0.4 is 5.73 Å². The largest absolute Gasteiger partial charge is 0.480 e. The molecule has 7 nitrogen and oxygen atoms in total. The van der Waals surface area contributed by atoms with Gasteiger partial charge in [-0.25, -0.2) is 4.79 Å². The predicted molar refractivity (Wildman–Crippen MR) is 40.1 cm³/mol. The molecule has 13 heavy (non-hydrogen) atoms. The highest BCUT2D eigenvalue weighted by Gasteiger charge is 2.34. The summed E-state index contributed by atoms with van der Waals surface area (Å²) in [6.07, 6.45) is -3.41. The number of ether oxygens (including phenoxy) is 1. The summed E-state index contributed by atoms with van der Waals surface area (Å²) in [6, 6.07) is -1.68. The first-order valence-corrected chi connectivity index (χ1v) is 3.33. The Balaban J connectivity index is 4.45. The van der Waals surface area contributed by atoms with Gasteiger partial charge in [0.2, 0.25) is 0 Å². The van der Waals surface area contributed by atoms with Crippen molar-refractivity contribution in [3.05, 3.63) is 0 Å². The highest BCUT2D eigenvalue weighted by atomic mass is 16.5. The number of hydrogen-bond donors (Lipinski definition) is 4. The second-order valence-corrected chi connectivity index (χ2v) is 2.35. The van der Waals surface area contributed by atoms with Crippen molar-refractivity contribution in [2.24, 2.45) is 5.73 Å². The van der Waals surface area contributed by atoms with Crippen LogP contribution >= 0.6 is 0 Å². The SMILES string of the molecule is CO[C@H](C(=O)O)[C@@H](O)[C@H](N)C(=O)O. The summed E-state index contributed by atoms with van der Waals surface area (Å²) < 4.78 is 4.35. The number of carbonyl (C=O) groups is 2. The number of methoxy groups -OCH3 is 1. The van der Waals surface area contributed by atoms with Crippen molar-refractivity contribution in [1.82, 2.24) is 0 Å². The normalized spacial score (nSPS) is 17.5. The van der Waals surface area contributed by atoms with Crippen molar-refractivity contribution in [2.45, 2.75) is 18.2 Å². The Morgan fingerprint density at radius 1 is 1.31 bits per heavy atom. The summed E-state index contributed by atoms with van der Waals surface area (Å²) in [6.45, 7) is 0. The molecule has 0 saturated carbocycles. The molecule has 3 atom stereocenters. The third kappa shape index (κ3) is 2.98. The number of aliphatic hydroxyl groups is 1. The Labute approximate surface area is 73.7 Å². The van der Waals surface area contributed by atoms with E-state index >= 15 is 0 Å². The van der Waals surface area contributed by atoms with Gasteiger partial charge in [-0.2, -0.15) is 0 Å². The maximum atomic E-state index is 10.4. The average Bonchev–Trinajstić information content (AvgIpc) is 2.03. The van der Waals surface area contributed by atoms with E-state index in [1.54, 1.807) is 0 Å². The molecule has 0 aromatic carbocycles. The quantitative estimate of drug-likeness (QED) is 0.392. The van der Waals surface area contributed by atoms with Crippen LogP contribution in [-0.2, 0) is 14.3 Å². The van der Waals surface area contributed by atoms with Crippen molar-refractivity contribution >= 4 is 11.9 Å². The van der Waals surface area contributed by atoms with Gasteiger partial charge in [0, 0.05) is 7.11 Å². The zero-order chi connectivity index (χ0) is 10.6. The van der Waals surface area contributed by atoms with E-state index in [1.807, 2.05) is 0 Å². The number of aliphatic carboxylic acids is 2. The van der Waals surface area contributed by atoms with E-state index in [1.165, 1.54) is 0 Å². The van der Waals surface area contributed by atoms with Gasteiger partial charge in [-0.05, 0) is 0 Å². The second-order valence-electron chi connectivity index (χ2n) is 2.35. The third-order valence-corrected chi connectivity index (χ3v) is 1.46. The smallest absolute Gasteiger partial charge is 0.335 e. The second kappa shape index (κ2) is 4.75. The monoisotopic (exact) mass is 193 g/mol. The Kier molecular flexibility index (Phi) is 4.32. The lowest BCUT2D eigenvalue weighted by Crippen LogP contribution is -2.51. The van der Waals surface area contributed by atoms with E-state index in [0.717, 1.165) is 7.11 Å². The summed E-state index contributed by atoms with van der Waals surface area (Å²) in [5, 5.41) is 25.9. The number of rotatable bonds is 5. The zero-order valence-corrected chi connectivity index (χ0v) is 6.88. The van der Waals surface area contributed by atoms with Gasteiger partial charge in [-0.15, -0.1) is 0 Å². The van der Waals surface area contributed by atoms with Gasteiger partial charge in [0.25, 0.3) is 0 Å². The van der Waals surface area contributed by atoms with Gasteiger partial charge in [-0.3, -0.25) is 4.79 Å². The van der Waals surface area contributed by atoms with Gasteiger partial charge in [-0.1, -0.05) is 0 Å². The number of hydrogen-bond acceptors (Lipinski definition) is 5. The van der Waals surface area contributed by atoms with Gasteiger partial charge in [0.1, 0.15) is 12.1 Å². The van der Waals surface area contributed by atoms with Crippen LogP contribution in [0.4, 0.5) is 0 Å². The van der Waals surface area contributed by atoms with Crippen molar-refractivity contribution in [2.75, 3.05) is 7.11 Å². The molecule has 0 rings (SSSR count). The first kappa shape index (κ1) is 11.8. The Bertz CT molecular complexity index is 205. The van der Waals surface area contributed by atoms with E-state index in [9.17, 15) is 9.59 Å². The molecule has 0 aromatic heterocycles. The molecule has 5 N–H and O–H groups in total. The standard InChI is InChI=1S/C6H11NO6/c1-13-4(6(11)12)3(8)2(7)5(9)10/h2-4,8H,7H2,1H3,(H,9,10)(H,11,12)/t2-,3-,4-/m0/s1. The molecule has 76 valence electrons. The average molecular weight is 193 g/mol. The minimum Gasteiger partial charge on any atom is -0.480 e. The summed E-state index contributed by atoms with van der Waals surface area (Å²) in [7, 11) is 1.04. The summed E-state index contributed by atoms with van der Waals surface area (Å²) in [4.78, 5) is 20.6. The van der Waals surface area contributed by atoms with Crippen LogP contribution in [0, 0.1) is 0 Å². The van der Waals surface area contributed by atoms with E-state index < -0.39 is 30.2 Å². The first-order chi connectivity index (χ1) is 5.91. The van der Waals surface area contributed by atoms with Crippen molar-refractivity contribution in [3.63, 3.8) is 0 Å². The summed E-state index contributed by atoms with van der Waals surface area (Å²) >= 11 is 0. The molecule has 0 amide bonds. The van der Waals surface area contributed by atoms with Gasteiger partial charge in [0.05, 0.1) is 0 Å². The number of carboxylic acid groups (broad SMARTS) is 2. The van der Waals surface area contributed by atoms with Crippen LogP contribution in [-0.4, -0.2) is 52.6 Å². The fourth-order valence-electron chi connectivity index (χ4n) is 0.721. The lowest BCUT2D eigenvalue weighted by Gasteiger charge is -2.20. The maximum Gasteiger partial charge on any atom is 0.335 e. The Hall–Kier alpha value is -1.18. The van der Waals surface area contributed by atoms with Crippen LogP contribution in [0.25, 0.3) is 0 Å². The first-order valence-electron chi connectivity index (χ1n) is 3.33. The summed E-state index contributed by atoms with van der Waals surface area (Å²) in [5.74, 6) is -2.96. The van der Waals surface area contributed by atoms with Crippen molar-refractivity contribution < 1.29 is 29.6 Å². The number of carboxylic acids is 2. The molecule has 7 heteroatoms. The van der Waals surface area contributed by atoms with E-state index in [2.05, 4.69) is 4.74 Å². The lowest BCUT2D eigenvalue weighted by atomic mass is 10.1. The molecule has 0 unspecified atom stereocenters. The molecule has 0 aliphatic heterocycles. The zero-order valence-electron chi connectivity index (χ0n) is 6.88. The van der Waals surface area contributed by atoms with E-state index in [4.69, 9.17) is 21.1 Å². The molecule has 0 saturated heterocycles. The minimum absolute atomic E-state index is 1.04. The molecule has 0 aliphatic rings. The Morgan fingerprint density at radius 2 is 1.77 bits per heavy atom. The molecule has 0 aliphatic carbocycles. The highest BCUT2D eigenvalue weighted by Crippen LogP contribution is 2.02. The number of aliphatic hydroxyl groups excluding tert-OH is 1. The molecule has 0 spiro atoms. The third-order valence-electron chi connectivity index (χ3n) is 1.46. The molecule has 0 fully saturated rings. The topological polar surface area (TPSA) is 130 Å². The fraction of sp³-hybridized carbons (Fsp3) is 0.667.